The molecule has 0 unspecified atom stereocenters. The van der Waals surface area contributed by atoms with Crippen molar-refractivity contribution >= 4 is 35.3 Å². The number of anilines is 2. The lowest BCUT2D eigenvalue weighted by Crippen LogP contribution is -2.16. The number of nitrogens with zero attached hydrogens (tertiary/aromatic N) is 3. The van der Waals surface area contributed by atoms with Crippen LogP contribution in [-0.4, -0.2) is 31.5 Å². The SMILES string of the molecule is COC(=O)Nc1nc(N)c(N=Nc2ccccc2)cc1OC(=O)OC. The van der Waals surface area contributed by atoms with Crippen molar-refractivity contribution in [2.45, 2.75) is 0 Å². The second-order valence-corrected chi connectivity index (χ2v) is 4.45. The lowest BCUT2D eigenvalue weighted by atomic mass is 10.3. The first kappa shape index (κ1) is 17.7. The minimum Gasteiger partial charge on any atom is -0.453 e. The number of nitrogen functional groups attached to an aromatic ring is 1. The van der Waals surface area contributed by atoms with Crippen molar-refractivity contribution in [2.24, 2.45) is 10.2 Å². The van der Waals surface area contributed by atoms with Crippen LogP contribution in [0.15, 0.2) is 46.6 Å². The van der Waals surface area contributed by atoms with E-state index in [1.165, 1.54) is 13.2 Å². The predicted molar refractivity (Wildman–Crippen MR) is 88.3 cm³/mol. The molecular weight excluding hydrogens is 330 g/mol. The Morgan fingerprint density at radius 1 is 1.12 bits per heavy atom. The molecule has 130 valence electrons. The van der Waals surface area contributed by atoms with Crippen LogP contribution >= 0.6 is 0 Å². The summed E-state index contributed by atoms with van der Waals surface area (Å²) in [6.45, 7) is 0. The van der Waals surface area contributed by atoms with Crippen LogP contribution in [0.2, 0.25) is 0 Å². The van der Waals surface area contributed by atoms with Gasteiger partial charge in [0.05, 0.1) is 19.9 Å². The maximum atomic E-state index is 11.4. The molecule has 10 heteroatoms. The predicted octanol–water partition coefficient (Wildman–Crippen LogP) is 3.40. The Hall–Kier alpha value is -3.69. The van der Waals surface area contributed by atoms with Gasteiger partial charge in [-0.3, -0.25) is 5.32 Å². The summed E-state index contributed by atoms with van der Waals surface area (Å²) in [7, 11) is 2.30. The molecule has 1 amide bonds. The standard InChI is InChI=1S/C15H15N5O5/c1-23-14(21)18-13-11(25-15(22)24-2)8-10(12(16)17-13)20-19-9-6-4-3-5-7-9/h3-8H,1-2H3,(H3,16,17,18,21). The Labute approximate surface area is 142 Å². The van der Waals surface area contributed by atoms with Gasteiger partial charge in [-0.15, -0.1) is 5.11 Å². The van der Waals surface area contributed by atoms with Crippen molar-refractivity contribution in [3.05, 3.63) is 36.4 Å². The summed E-state index contributed by atoms with van der Waals surface area (Å²) < 4.78 is 13.8. The summed E-state index contributed by atoms with van der Waals surface area (Å²) in [6.07, 6.45) is -1.83. The zero-order chi connectivity index (χ0) is 18.2. The van der Waals surface area contributed by atoms with Gasteiger partial charge in [-0.1, -0.05) is 18.2 Å². The van der Waals surface area contributed by atoms with E-state index in [0.717, 1.165) is 7.11 Å². The maximum Gasteiger partial charge on any atom is 0.513 e. The summed E-state index contributed by atoms with van der Waals surface area (Å²) in [5, 5.41) is 10.3. The maximum absolute atomic E-state index is 11.4. The molecule has 0 bridgehead atoms. The van der Waals surface area contributed by atoms with Gasteiger partial charge in [-0.2, -0.15) is 5.11 Å². The first-order chi connectivity index (χ1) is 12.0. The topological polar surface area (TPSA) is 137 Å². The monoisotopic (exact) mass is 345 g/mol. The van der Waals surface area contributed by atoms with Gasteiger partial charge in [0.25, 0.3) is 0 Å². The quantitative estimate of drug-likeness (QED) is 0.639. The van der Waals surface area contributed by atoms with Crippen molar-refractivity contribution in [2.75, 3.05) is 25.3 Å². The molecule has 2 aromatic rings. The number of benzene rings is 1. The highest BCUT2D eigenvalue weighted by Gasteiger charge is 2.17. The molecule has 1 aromatic carbocycles. The van der Waals surface area contributed by atoms with Crippen LogP contribution in [0.4, 0.5) is 32.6 Å². The minimum atomic E-state index is -1.01. The van der Waals surface area contributed by atoms with Gasteiger partial charge >= 0.3 is 12.2 Å². The lowest BCUT2D eigenvalue weighted by Gasteiger charge is -2.11. The third kappa shape index (κ3) is 4.89. The van der Waals surface area contributed by atoms with Crippen molar-refractivity contribution in [3.8, 4) is 5.75 Å². The summed E-state index contributed by atoms with van der Waals surface area (Å²) in [4.78, 5) is 26.7. The number of methoxy groups -OCH3 is 2. The molecule has 0 atom stereocenters. The fourth-order valence-electron chi connectivity index (χ4n) is 1.63. The van der Waals surface area contributed by atoms with E-state index in [1.54, 1.807) is 24.3 Å². The van der Waals surface area contributed by atoms with E-state index < -0.39 is 12.2 Å². The lowest BCUT2D eigenvalue weighted by molar-refractivity contribution is 0.121. The number of amides is 1. The Kier molecular flexibility index (Phi) is 5.82. The van der Waals surface area contributed by atoms with E-state index in [0.29, 0.717) is 5.69 Å². The third-order valence-corrected chi connectivity index (χ3v) is 2.79. The van der Waals surface area contributed by atoms with Gasteiger partial charge in [-0.25, -0.2) is 14.6 Å². The van der Waals surface area contributed by atoms with E-state index in [1.807, 2.05) is 6.07 Å². The first-order valence-corrected chi connectivity index (χ1v) is 6.91. The zero-order valence-corrected chi connectivity index (χ0v) is 13.4. The van der Waals surface area contributed by atoms with Crippen LogP contribution in [0.3, 0.4) is 0 Å². The van der Waals surface area contributed by atoms with Crippen LogP contribution in [-0.2, 0) is 9.47 Å². The summed E-state index contributed by atoms with van der Waals surface area (Å²) >= 11 is 0. The number of pyridine rings is 1. The van der Waals surface area contributed by atoms with Crippen LogP contribution in [0.5, 0.6) is 5.75 Å². The van der Waals surface area contributed by atoms with Gasteiger partial charge in [-0.05, 0) is 12.1 Å². The molecule has 3 N–H and O–H groups in total. The zero-order valence-electron chi connectivity index (χ0n) is 13.4. The summed E-state index contributed by atoms with van der Waals surface area (Å²) in [5.41, 5.74) is 6.54. The average molecular weight is 345 g/mol. The molecule has 2 rings (SSSR count). The molecule has 1 aromatic heterocycles. The number of ether oxygens (including phenoxy) is 3. The number of nitrogens with one attached hydrogen (secondary N) is 1. The van der Waals surface area contributed by atoms with Gasteiger partial charge < -0.3 is 19.9 Å². The number of aromatic nitrogens is 1. The van der Waals surface area contributed by atoms with Crippen molar-refractivity contribution in [1.82, 2.24) is 4.98 Å². The number of carbonyl (C=O) groups excluding carboxylic acids is 2. The second-order valence-electron chi connectivity index (χ2n) is 4.45. The Morgan fingerprint density at radius 2 is 1.84 bits per heavy atom. The molecule has 1 heterocycles. The Bertz CT molecular complexity index is 794. The molecule has 0 fully saturated rings. The van der Waals surface area contributed by atoms with E-state index in [-0.39, 0.29) is 23.1 Å². The Morgan fingerprint density at radius 3 is 2.48 bits per heavy atom. The normalized spacial score (nSPS) is 10.3. The number of nitrogens with two attached hydrogens (primary N) is 1. The molecule has 25 heavy (non-hydrogen) atoms. The van der Waals surface area contributed by atoms with Crippen LogP contribution < -0.4 is 15.8 Å². The number of hydrogen-bond acceptors (Lipinski definition) is 9. The molecule has 0 spiro atoms. The number of carbonyl (C=O) groups is 2. The summed E-state index contributed by atoms with van der Waals surface area (Å²) in [6, 6.07) is 10.2. The largest absolute Gasteiger partial charge is 0.513 e. The van der Waals surface area contributed by atoms with Gasteiger partial charge in [0.2, 0.25) is 0 Å². The smallest absolute Gasteiger partial charge is 0.453 e. The highest BCUT2D eigenvalue weighted by molar-refractivity contribution is 5.87. The second kappa shape index (κ2) is 8.24. The number of rotatable bonds is 4. The fourth-order valence-corrected chi connectivity index (χ4v) is 1.63. The van der Waals surface area contributed by atoms with Crippen molar-refractivity contribution < 1.29 is 23.8 Å². The fraction of sp³-hybridized carbons (Fsp3) is 0.133. The van der Waals surface area contributed by atoms with E-state index >= 15 is 0 Å². The number of azo groups is 1. The van der Waals surface area contributed by atoms with Crippen LogP contribution in [0.1, 0.15) is 0 Å². The molecule has 0 aliphatic carbocycles. The van der Waals surface area contributed by atoms with E-state index in [9.17, 15) is 9.59 Å². The molecular formula is C15H15N5O5. The minimum absolute atomic E-state index is 0.0386. The van der Waals surface area contributed by atoms with Gasteiger partial charge in [0, 0.05) is 6.07 Å². The van der Waals surface area contributed by atoms with Crippen molar-refractivity contribution in [3.63, 3.8) is 0 Å². The van der Waals surface area contributed by atoms with E-state index in [2.05, 4.69) is 30.0 Å². The van der Waals surface area contributed by atoms with Crippen LogP contribution in [0, 0.1) is 0 Å². The van der Waals surface area contributed by atoms with E-state index in [4.69, 9.17) is 10.5 Å². The van der Waals surface area contributed by atoms with Crippen LogP contribution in [0.25, 0.3) is 0 Å². The summed E-state index contributed by atoms with van der Waals surface area (Å²) in [5.74, 6) is -0.301. The molecule has 10 nitrogen and oxygen atoms in total. The highest BCUT2D eigenvalue weighted by Crippen LogP contribution is 2.33. The van der Waals surface area contributed by atoms with Gasteiger partial charge in [0.1, 0.15) is 5.69 Å². The average Bonchev–Trinajstić information content (AvgIpc) is 2.63. The van der Waals surface area contributed by atoms with Gasteiger partial charge in [0.15, 0.2) is 17.4 Å². The third-order valence-electron chi connectivity index (χ3n) is 2.79. The molecule has 0 saturated heterocycles. The molecule has 0 aliphatic rings. The number of hydrogen-bond donors (Lipinski definition) is 2. The molecule has 0 aliphatic heterocycles. The molecule has 0 radical (unpaired) electrons. The highest BCUT2D eigenvalue weighted by atomic mass is 16.7. The Balaban J connectivity index is 2.37. The van der Waals surface area contributed by atoms with Crippen molar-refractivity contribution in [1.29, 1.82) is 0 Å². The molecule has 0 saturated carbocycles. The first-order valence-electron chi connectivity index (χ1n) is 6.91.